The van der Waals surface area contributed by atoms with Crippen molar-refractivity contribution in [3.63, 3.8) is 0 Å². The quantitative estimate of drug-likeness (QED) is 0.669. The van der Waals surface area contributed by atoms with E-state index in [4.69, 9.17) is 5.11 Å². The predicted molar refractivity (Wildman–Crippen MR) is 84.7 cm³/mol. The van der Waals surface area contributed by atoms with E-state index in [1.165, 1.54) is 12.1 Å². The van der Waals surface area contributed by atoms with E-state index in [1.54, 1.807) is 6.07 Å². The van der Waals surface area contributed by atoms with Crippen molar-refractivity contribution in [3.05, 3.63) is 52.1 Å². The summed E-state index contributed by atoms with van der Waals surface area (Å²) in [6.07, 6.45) is 0.823. The molecule has 2 heterocycles. The topological polar surface area (TPSA) is 90.0 Å². The molecule has 0 radical (unpaired) electrons. The molecule has 23 heavy (non-hydrogen) atoms. The number of aromatic amines is 1. The van der Waals surface area contributed by atoms with Crippen molar-refractivity contribution in [1.29, 1.82) is 0 Å². The van der Waals surface area contributed by atoms with Crippen molar-refractivity contribution in [2.24, 2.45) is 0 Å². The van der Waals surface area contributed by atoms with Gasteiger partial charge in [-0.3, -0.25) is 9.89 Å². The van der Waals surface area contributed by atoms with E-state index in [0.29, 0.717) is 17.8 Å². The average Bonchev–Trinajstić information content (AvgIpc) is 2.97. The molecule has 0 aliphatic carbocycles. The van der Waals surface area contributed by atoms with Gasteiger partial charge in [0.1, 0.15) is 5.82 Å². The van der Waals surface area contributed by atoms with Crippen LogP contribution in [0.15, 0.2) is 18.2 Å². The molecule has 0 bridgehead atoms. The molecule has 0 saturated carbocycles. The molecule has 0 spiro atoms. The van der Waals surface area contributed by atoms with Crippen LogP contribution in [-0.2, 0) is 26.1 Å². The number of hydrogen-bond acceptors (Lipinski definition) is 4. The summed E-state index contributed by atoms with van der Waals surface area (Å²) in [5, 5.41) is 21.8. The van der Waals surface area contributed by atoms with Gasteiger partial charge in [-0.15, -0.1) is 12.4 Å². The second kappa shape index (κ2) is 7.54. The maximum Gasteiger partial charge on any atom is 0.272 e. The lowest BCUT2D eigenvalue weighted by atomic mass is 10.1. The first-order valence-corrected chi connectivity index (χ1v) is 7.12. The first-order valence-electron chi connectivity index (χ1n) is 7.12. The smallest absolute Gasteiger partial charge is 0.272 e. The number of carbonyl (C=O) groups excluding carboxylic acids is 1. The lowest BCUT2D eigenvalue weighted by Crippen LogP contribution is -2.28. The van der Waals surface area contributed by atoms with Gasteiger partial charge in [-0.1, -0.05) is 12.1 Å². The van der Waals surface area contributed by atoms with E-state index in [2.05, 4.69) is 20.8 Å². The first-order chi connectivity index (χ1) is 10.7. The lowest BCUT2D eigenvalue weighted by molar-refractivity contribution is 0.0944. The van der Waals surface area contributed by atoms with Gasteiger partial charge < -0.3 is 15.7 Å². The van der Waals surface area contributed by atoms with E-state index >= 15 is 0 Å². The molecule has 124 valence electrons. The van der Waals surface area contributed by atoms with Gasteiger partial charge in [-0.25, -0.2) is 4.39 Å². The number of aromatic nitrogens is 2. The van der Waals surface area contributed by atoms with Crippen molar-refractivity contribution >= 4 is 18.3 Å². The number of benzene rings is 1. The SMILES string of the molecule is Cl.O=C(NCc1ccc(CO)c(F)c1)c1n[nH]c2c1CNCC2. The Labute approximate surface area is 138 Å². The van der Waals surface area contributed by atoms with Crippen LogP contribution in [0.25, 0.3) is 0 Å². The van der Waals surface area contributed by atoms with Crippen LogP contribution >= 0.6 is 12.4 Å². The number of hydrogen-bond donors (Lipinski definition) is 4. The number of carbonyl (C=O) groups is 1. The molecule has 6 nitrogen and oxygen atoms in total. The summed E-state index contributed by atoms with van der Waals surface area (Å²) < 4.78 is 13.6. The molecule has 4 N–H and O–H groups in total. The van der Waals surface area contributed by atoms with Crippen LogP contribution < -0.4 is 10.6 Å². The average molecular weight is 341 g/mol. The van der Waals surface area contributed by atoms with Gasteiger partial charge in [0.2, 0.25) is 0 Å². The minimum atomic E-state index is -0.476. The fourth-order valence-corrected chi connectivity index (χ4v) is 2.51. The Morgan fingerprint density at radius 1 is 1.43 bits per heavy atom. The fraction of sp³-hybridized carbons (Fsp3) is 0.333. The molecule has 0 atom stereocenters. The predicted octanol–water partition coefficient (Wildman–Crippen LogP) is 1.04. The summed E-state index contributed by atoms with van der Waals surface area (Å²) >= 11 is 0. The lowest BCUT2D eigenvalue weighted by Gasteiger charge is -2.13. The molecule has 1 aliphatic heterocycles. The van der Waals surface area contributed by atoms with Crippen molar-refractivity contribution in [2.75, 3.05) is 6.54 Å². The van der Waals surface area contributed by atoms with Crippen molar-refractivity contribution in [2.45, 2.75) is 26.1 Å². The maximum atomic E-state index is 13.6. The number of aliphatic hydroxyl groups excluding tert-OH is 1. The number of rotatable bonds is 4. The second-order valence-corrected chi connectivity index (χ2v) is 5.22. The van der Waals surface area contributed by atoms with E-state index < -0.39 is 5.82 Å². The molecular weight excluding hydrogens is 323 g/mol. The summed E-state index contributed by atoms with van der Waals surface area (Å²) in [5.74, 6) is -0.761. The summed E-state index contributed by atoms with van der Waals surface area (Å²) in [7, 11) is 0. The van der Waals surface area contributed by atoms with E-state index in [-0.39, 0.29) is 37.0 Å². The number of halogens is 2. The Morgan fingerprint density at radius 2 is 2.26 bits per heavy atom. The van der Waals surface area contributed by atoms with Crippen LogP contribution in [0.4, 0.5) is 4.39 Å². The van der Waals surface area contributed by atoms with Crippen LogP contribution in [0.3, 0.4) is 0 Å². The zero-order valence-electron chi connectivity index (χ0n) is 12.4. The van der Waals surface area contributed by atoms with Gasteiger partial charge in [0.05, 0.1) is 6.61 Å². The fourth-order valence-electron chi connectivity index (χ4n) is 2.51. The molecule has 0 saturated heterocycles. The molecule has 2 aromatic rings. The molecule has 1 aliphatic rings. The van der Waals surface area contributed by atoms with Gasteiger partial charge in [0, 0.05) is 42.9 Å². The number of fused-ring (bicyclic) bond motifs is 1. The summed E-state index contributed by atoms with van der Waals surface area (Å²) in [6.45, 7) is 1.35. The highest BCUT2D eigenvalue weighted by molar-refractivity contribution is 5.94. The molecule has 8 heteroatoms. The van der Waals surface area contributed by atoms with Crippen LogP contribution in [0, 0.1) is 5.82 Å². The van der Waals surface area contributed by atoms with Crippen LogP contribution in [-0.4, -0.2) is 27.8 Å². The third-order valence-electron chi connectivity index (χ3n) is 3.76. The van der Waals surface area contributed by atoms with Gasteiger partial charge in [-0.2, -0.15) is 5.10 Å². The van der Waals surface area contributed by atoms with Gasteiger partial charge >= 0.3 is 0 Å². The number of aliphatic hydroxyl groups is 1. The molecule has 0 fully saturated rings. The minimum Gasteiger partial charge on any atom is -0.392 e. The standard InChI is InChI=1S/C15H17FN4O2.ClH/c16-12-5-9(1-2-10(12)8-21)6-18-15(22)14-11-7-17-4-3-13(11)19-20-14;/h1-2,5,17,21H,3-4,6-8H2,(H,18,22)(H,19,20);1H. The Bertz CT molecular complexity index is 705. The third kappa shape index (κ3) is 3.69. The highest BCUT2D eigenvalue weighted by Gasteiger charge is 2.21. The molecule has 1 amide bonds. The molecule has 1 aromatic carbocycles. The highest BCUT2D eigenvalue weighted by atomic mass is 35.5. The van der Waals surface area contributed by atoms with Crippen molar-refractivity contribution in [1.82, 2.24) is 20.8 Å². The Hall–Kier alpha value is -1.96. The Kier molecular flexibility index (Phi) is 5.70. The number of nitrogens with zero attached hydrogens (tertiary/aromatic N) is 1. The first kappa shape index (κ1) is 17.4. The Morgan fingerprint density at radius 3 is 3.00 bits per heavy atom. The molecule has 0 unspecified atom stereocenters. The van der Waals surface area contributed by atoms with Gasteiger partial charge in [0.25, 0.3) is 5.91 Å². The van der Waals surface area contributed by atoms with E-state index in [0.717, 1.165) is 24.2 Å². The van der Waals surface area contributed by atoms with Crippen LogP contribution in [0.5, 0.6) is 0 Å². The minimum absolute atomic E-state index is 0. The summed E-state index contributed by atoms with van der Waals surface area (Å²) in [4.78, 5) is 12.2. The number of amides is 1. The molecule has 3 rings (SSSR count). The molecule has 1 aromatic heterocycles. The van der Waals surface area contributed by atoms with Gasteiger partial charge in [-0.05, 0) is 11.6 Å². The number of H-pyrrole nitrogens is 1. The Balaban J connectivity index is 0.00000192. The highest BCUT2D eigenvalue weighted by Crippen LogP contribution is 2.15. The monoisotopic (exact) mass is 340 g/mol. The molecular formula is C15H18ClFN4O2. The number of nitrogens with one attached hydrogen (secondary N) is 3. The summed E-state index contributed by atoms with van der Waals surface area (Å²) in [6, 6.07) is 4.50. The van der Waals surface area contributed by atoms with E-state index in [9.17, 15) is 9.18 Å². The second-order valence-electron chi connectivity index (χ2n) is 5.22. The van der Waals surface area contributed by atoms with Crippen LogP contribution in [0.2, 0.25) is 0 Å². The summed E-state index contributed by atoms with van der Waals surface area (Å²) in [5.41, 5.74) is 3.13. The maximum absolute atomic E-state index is 13.6. The van der Waals surface area contributed by atoms with Crippen LogP contribution in [0.1, 0.15) is 32.9 Å². The normalized spacial score (nSPS) is 13.1. The van der Waals surface area contributed by atoms with Crippen molar-refractivity contribution in [3.8, 4) is 0 Å². The third-order valence-corrected chi connectivity index (χ3v) is 3.76. The van der Waals surface area contributed by atoms with Crippen molar-refractivity contribution < 1.29 is 14.3 Å². The largest absolute Gasteiger partial charge is 0.392 e. The zero-order valence-corrected chi connectivity index (χ0v) is 13.2. The zero-order chi connectivity index (χ0) is 15.5. The van der Waals surface area contributed by atoms with Gasteiger partial charge in [0.15, 0.2) is 5.69 Å². The van der Waals surface area contributed by atoms with E-state index in [1.807, 2.05) is 0 Å².